The topological polar surface area (TPSA) is 72.2 Å². The third kappa shape index (κ3) is 4.13. The Morgan fingerprint density at radius 2 is 1.81 bits per heavy atom. The van der Waals surface area contributed by atoms with Crippen LogP contribution in [0.4, 0.5) is 10.1 Å². The van der Waals surface area contributed by atoms with Crippen LogP contribution in [0.2, 0.25) is 10.0 Å². The van der Waals surface area contributed by atoms with Crippen LogP contribution in [0.1, 0.15) is 0 Å². The molecule has 3 N–H and O–H groups in total. The van der Waals surface area contributed by atoms with Gasteiger partial charge >= 0.3 is 0 Å². The first-order valence-electron chi connectivity index (χ1n) is 4.18. The van der Waals surface area contributed by atoms with Crippen molar-refractivity contribution in [1.82, 2.24) is 0 Å². The molecule has 0 spiro atoms. The van der Waals surface area contributed by atoms with Gasteiger partial charge in [-0.3, -0.25) is 0 Å². The minimum absolute atomic E-state index is 0.0455. The number of nitrogens with one attached hydrogen (secondary N) is 1. The van der Waals surface area contributed by atoms with Crippen LogP contribution in [0.5, 0.6) is 0 Å². The van der Waals surface area contributed by atoms with E-state index in [2.05, 4.69) is 5.32 Å². The summed E-state index contributed by atoms with van der Waals surface area (Å²) in [4.78, 5) is 0. The van der Waals surface area contributed by atoms with Crippen LogP contribution in [0, 0.1) is 5.82 Å². The van der Waals surface area contributed by atoms with Crippen LogP contribution in [0.25, 0.3) is 0 Å². The van der Waals surface area contributed by atoms with E-state index >= 15 is 0 Å². The molecule has 1 rings (SSSR count). The predicted molar refractivity (Wildman–Crippen MR) is 62.9 cm³/mol. The molecule has 0 aliphatic rings. The highest BCUT2D eigenvalue weighted by molar-refractivity contribution is 7.89. The standard InChI is InChI=1S/C8H9Cl2FN2O2S/c9-6-3-5(11)4-7(10)8(6)13-1-2-16(12,14)15/h3-4,13H,1-2H2,(H2,12,14,15). The van der Waals surface area contributed by atoms with Crippen LogP contribution >= 0.6 is 23.2 Å². The van der Waals surface area contributed by atoms with Crippen molar-refractivity contribution >= 4 is 38.9 Å². The van der Waals surface area contributed by atoms with Gasteiger partial charge in [-0.2, -0.15) is 0 Å². The number of halogens is 3. The fourth-order valence-electron chi connectivity index (χ4n) is 1.03. The van der Waals surface area contributed by atoms with Crippen LogP contribution in [0.3, 0.4) is 0 Å². The van der Waals surface area contributed by atoms with Crippen LogP contribution in [-0.2, 0) is 10.0 Å². The quantitative estimate of drug-likeness (QED) is 0.887. The highest BCUT2D eigenvalue weighted by atomic mass is 35.5. The first kappa shape index (κ1) is 13.5. The SMILES string of the molecule is NS(=O)(=O)CCNc1c(Cl)cc(F)cc1Cl. The molecule has 1 aromatic rings. The summed E-state index contributed by atoms with van der Waals surface area (Å²) in [6.07, 6.45) is 0. The van der Waals surface area contributed by atoms with Crippen molar-refractivity contribution in [2.45, 2.75) is 0 Å². The molecular weight excluding hydrogens is 278 g/mol. The average Bonchev–Trinajstić information content (AvgIpc) is 2.07. The predicted octanol–water partition coefficient (Wildman–Crippen LogP) is 1.83. The van der Waals surface area contributed by atoms with Gasteiger partial charge in [0, 0.05) is 6.54 Å². The molecule has 0 aromatic heterocycles. The van der Waals surface area contributed by atoms with Gasteiger partial charge in [-0.05, 0) is 12.1 Å². The molecule has 0 unspecified atom stereocenters. The van der Waals surface area contributed by atoms with Gasteiger partial charge in [0.25, 0.3) is 0 Å². The van der Waals surface area contributed by atoms with Crippen molar-refractivity contribution in [1.29, 1.82) is 0 Å². The lowest BCUT2D eigenvalue weighted by Gasteiger charge is -2.09. The van der Waals surface area contributed by atoms with E-state index in [1.165, 1.54) is 0 Å². The van der Waals surface area contributed by atoms with E-state index in [4.69, 9.17) is 28.3 Å². The number of anilines is 1. The largest absolute Gasteiger partial charge is 0.382 e. The molecule has 16 heavy (non-hydrogen) atoms. The van der Waals surface area contributed by atoms with E-state index in [0.29, 0.717) is 0 Å². The molecule has 1 aromatic carbocycles. The average molecular weight is 287 g/mol. The summed E-state index contributed by atoms with van der Waals surface area (Å²) in [6.45, 7) is 0.0455. The van der Waals surface area contributed by atoms with Crippen LogP contribution < -0.4 is 10.5 Å². The first-order valence-corrected chi connectivity index (χ1v) is 6.65. The second-order valence-electron chi connectivity index (χ2n) is 3.04. The van der Waals surface area contributed by atoms with Crippen molar-refractivity contribution in [3.63, 3.8) is 0 Å². The summed E-state index contributed by atoms with van der Waals surface area (Å²) in [6, 6.07) is 2.15. The molecule has 0 heterocycles. The maximum absolute atomic E-state index is 12.8. The Morgan fingerprint density at radius 1 is 1.31 bits per heavy atom. The van der Waals surface area contributed by atoms with Gasteiger partial charge in [0.1, 0.15) is 5.82 Å². The second-order valence-corrected chi connectivity index (χ2v) is 5.59. The number of hydrogen-bond donors (Lipinski definition) is 2. The molecule has 0 radical (unpaired) electrons. The Morgan fingerprint density at radius 3 is 2.25 bits per heavy atom. The summed E-state index contributed by atoms with van der Waals surface area (Å²) in [5.41, 5.74) is 0.286. The zero-order valence-corrected chi connectivity index (χ0v) is 10.3. The second kappa shape index (κ2) is 5.18. The summed E-state index contributed by atoms with van der Waals surface area (Å²) in [5, 5.41) is 7.65. The molecule has 0 saturated carbocycles. The highest BCUT2D eigenvalue weighted by Gasteiger charge is 2.09. The van der Waals surface area contributed by atoms with E-state index < -0.39 is 15.8 Å². The van der Waals surface area contributed by atoms with Gasteiger partial charge in [-0.25, -0.2) is 17.9 Å². The van der Waals surface area contributed by atoms with Crippen molar-refractivity contribution in [3.8, 4) is 0 Å². The minimum Gasteiger partial charge on any atom is -0.382 e. The molecule has 8 heteroatoms. The summed E-state index contributed by atoms with van der Waals surface area (Å²) < 4.78 is 34.1. The Labute approximate surface area is 103 Å². The smallest absolute Gasteiger partial charge is 0.210 e. The third-order valence-electron chi connectivity index (χ3n) is 1.70. The number of primary sulfonamides is 1. The maximum atomic E-state index is 12.8. The molecule has 0 amide bonds. The molecule has 90 valence electrons. The van der Waals surface area contributed by atoms with Gasteiger partial charge in [-0.15, -0.1) is 0 Å². The lowest BCUT2D eigenvalue weighted by molar-refractivity contribution is 0.598. The van der Waals surface area contributed by atoms with Gasteiger partial charge < -0.3 is 5.32 Å². The summed E-state index contributed by atoms with van der Waals surface area (Å²) in [7, 11) is -3.55. The number of nitrogens with two attached hydrogens (primary N) is 1. The van der Waals surface area contributed by atoms with E-state index in [9.17, 15) is 12.8 Å². The highest BCUT2D eigenvalue weighted by Crippen LogP contribution is 2.31. The minimum atomic E-state index is -3.55. The molecule has 0 fully saturated rings. The number of rotatable bonds is 4. The van der Waals surface area contributed by atoms with Crippen molar-refractivity contribution < 1.29 is 12.8 Å². The van der Waals surface area contributed by atoms with E-state index in [0.717, 1.165) is 12.1 Å². The third-order valence-corrected chi connectivity index (χ3v) is 3.06. The number of benzene rings is 1. The number of hydrogen-bond acceptors (Lipinski definition) is 3. The van der Waals surface area contributed by atoms with Crippen molar-refractivity contribution in [2.75, 3.05) is 17.6 Å². The zero-order chi connectivity index (χ0) is 12.3. The van der Waals surface area contributed by atoms with Crippen molar-refractivity contribution in [3.05, 3.63) is 28.0 Å². The lowest BCUT2D eigenvalue weighted by atomic mass is 10.3. The van der Waals surface area contributed by atoms with Gasteiger partial charge in [0.2, 0.25) is 10.0 Å². The molecule has 0 aliphatic heterocycles. The van der Waals surface area contributed by atoms with E-state index in [1.54, 1.807) is 0 Å². The lowest BCUT2D eigenvalue weighted by Crippen LogP contribution is -2.22. The van der Waals surface area contributed by atoms with E-state index in [1.807, 2.05) is 0 Å². The fraction of sp³-hybridized carbons (Fsp3) is 0.250. The Bertz CT molecular complexity index is 470. The Hall–Kier alpha value is -0.560. The molecule has 0 aliphatic carbocycles. The van der Waals surface area contributed by atoms with Crippen molar-refractivity contribution in [2.24, 2.45) is 5.14 Å². The summed E-state index contributed by atoms with van der Waals surface area (Å²) in [5.74, 6) is -0.830. The van der Waals surface area contributed by atoms with Gasteiger partial charge in [-0.1, -0.05) is 23.2 Å². The maximum Gasteiger partial charge on any atom is 0.210 e. The number of sulfonamides is 1. The molecule has 0 atom stereocenters. The zero-order valence-electron chi connectivity index (χ0n) is 8.00. The molecule has 4 nitrogen and oxygen atoms in total. The van der Waals surface area contributed by atoms with Crippen LogP contribution in [-0.4, -0.2) is 20.7 Å². The molecular formula is C8H9Cl2FN2O2S. The molecule has 0 bridgehead atoms. The van der Waals surface area contributed by atoms with Crippen LogP contribution in [0.15, 0.2) is 12.1 Å². The Kier molecular flexibility index (Phi) is 4.37. The van der Waals surface area contributed by atoms with Gasteiger partial charge in [0.05, 0.1) is 21.5 Å². The normalized spacial score (nSPS) is 11.5. The Balaban J connectivity index is 2.75. The fourth-order valence-corrected chi connectivity index (χ4v) is 2.01. The van der Waals surface area contributed by atoms with E-state index in [-0.39, 0.29) is 28.0 Å². The van der Waals surface area contributed by atoms with Gasteiger partial charge in [0.15, 0.2) is 0 Å². The summed E-state index contributed by atoms with van der Waals surface area (Å²) >= 11 is 11.4. The monoisotopic (exact) mass is 286 g/mol. The first-order chi connectivity index (χ1) is 7.29. The molecule has 0 saturated heterocycles.